The van der Waals surface area contributed by atoms with Crippen LogP contribution in [0, 0.1) is 0 Å². The summed E-state index contributed by atoms with van der Waals surface area (Å²) in [4.78, 5) is 46.5. The summed E-state index contributed by atoms with van der Waals surface area (Å²) in [6.45, 7) is 2.56. The lowest BCUT2D eigenvalue weighted by molar-refractivity contribution is -0.118. The molecule has 186 valence electrons. The van der Waals surface area contributed by atoms with Gasteiger partial charge in [-0.25, -0.2) is 4.98 Å². The minimum absolute atomic E-state index is 0.132. The first-order chi connectivity index (χ1) is 17.9. The molecule has 1 saturated heterocycles. The molecule has 0 saturated carbocycles. The second-order valence-electron chi connectivity index (χ2n) is 9.10. The van der Waals surface area contributed by atoms with Crippen molar-refractivity contribution in [3.63, 3.8) is 0 Å². The number of aromatic nitrogens is 2. The minimum Gasteiger partial charge on any atom is -0.366 e. The maximum absolute atomic E-state index is 13.0. The van der Waals surface area contributed by atoms with E-state index < -0.39 is 11.8 Å². The summed E-state index contributed by atoms with van der Waals surface area (Å²) in [5.74, 6) is -0.996. The smallest absolute Gasteiger partial charge is 0.249 e. The van der Waals surface area contributed by atoms with Crippen LogP contribution in [0.2, 0.25) is 0 Å². The molecule has 1 unspecified atom stereocenters. The van der Waals surface area contributed by atoms with Gasteiger partial charge in [-0.15, -0.1) is 0 Å². The number of nitrogens with two attached hydrogens (primary N) is 1. The molecule has 5 rings (SSSR count). The third-order valence-electron chi connectivity index (χ3n) is 6.65. The minimum atomic E-state index is -0.535. The number of hydrogen-bond donors (Lipinski definition) is 3. The molecule has 4 N–H and O–H groups in total. The zero-order chi connectivity index (χ0) is 25.9. The van der Waals surface area contributed by atoms with Gasteiger partial charge in [0.15, 0.2) is 0 Å². The zero-order valence-corrected chi connectivity index (χ0v) is 20.4. The van der Waals surface area contributed by atoms with Crippen molar-refractivity contribution in [3.8, 4) is 0 Å². The quantitative estimate of drug-likeness (QED) is 0.329. The number of amides is 3. The molecule has 3 heterocycles. The van der Waals surface area contributed by atoms with E-state index in [0.29, 0.717) is 23.3 Å². The fourth-order valence-electron chi connectivity index (χ4n) is 4.55. The molecule has 3 amide bonds. The van der Waals surface area contributed by atoms with Crippen LogP contribution in [0.25, 0.3) is 22.7 Å². The molecule has 0 radical (unpaired) electrons. The average Bonchev–Trinajstić information content (AvgIpc) is 3.52. The number of benzene rings is 2. The molecule has 8 heteroatoms. The van der Waals surface area contributed by atoms with Gasteiger partial charge in [-0.05, 0) is 48.7 Å². The number of hydrogen-bond acceptors (Lipinski definition) is 4. The highest BCUT2D eigenvalue weighted by molar-refractivity contribution is 6.24. The fraction of sp³-hybridized carbons (Fsp3) is 0.172. The van der Waals surface area contributed by atoms with E-state index in [1.807, 2.05) is 67.6 Å². The van der Waals surface area contributed by atoms with Gasteiger partial charge in [-0.1, -0.05) is 42.5 Å². The summed E-state index contributed by atoms with van der Waals surface area (Å²) in [7, 11) is 0. The Balaban J connectivity index is 1.35. The van der Waals surface area contributed by atoms with Crippen LogP contribution in [-0.2, 0) is 14.4 Å². The Morgan fingerprint density at radius 2 is 1.89 bits per heavy atom. The number of pyridine rings is 1. The van der Waals surface area contributed by atoms with E-state index >= 15 is 0 Å². The number of rotatable bonds is 7. The molecular formula is C29H27N5O3. The first-order valence-corrected chi connectivity index (χ1v) is 12.2. The highest BCUT2D eigenvalue weighted by atomic mass is 16.2. The van der Waals surface area contributed by atoms with Crippen molar-refractivity contribution in [2.75, 3.05) is 16.8 Å². The second kappa shape index (κ2) is 10.1. The van der Waals surface area contributed by atoms with E-state index in [1.165, 1.54) is 0 Å². The molecule has 0 aliphatic carbocycles. The predicted molar refractivity (Wildman–Crippen MR) is 145 cm³/mol. The molecular weight excluding hydrogens is 466 g/mol. The fourth-order valence-corrected chi connectivity index (χ4v) is 4.55. The number of primary amides is 1. The summed E-state index contributed by atoms with van der Waals surface area (Å²) < 4.78 is 0. The number of fused-ring (bicyclic) bond motifs is 1. The Kier molecular flexibility index (Phi) is 6.55. The second-order valence-corrected chi connectivity index (χ2v) is 9.10. The highest BCUT2D eigenvalue weighted by Crippen LogP contribution is 2.27. The number of aromatic amines is 1. The van der Waals surface area contributed by atoms with E-state index in [9.17, 15) is 14.4 Å². The summed E-state index contributed by atoms with van der Waals surface area (Å²) in [5.41, 5.74) is 10.4. The normalized spacial score (nSPS) is 14.7. The molecule has 0 bridgehead atoms. The monoisotopic (exact) mass is 493 g/mol. The Hall–Kier alpha value is -4.72. The van der Waals surface area contributed by atoms with Crippen molar-refractivity contribution in [2.24, 2.45) is 5.73 Å². The third-order valence-corrected chi connectivity index (χ3v) is 6.65. The van der Waals surface area contributed by atoms with Gasteiger partial charge in [0.1, 0.15) is 5.65 Å². The van der Waals surface area contributed by atoms with Gasteiger partial charge in [0, 0.05) is 41.4 Å². The van der Waals surface area contributed by atoms with Gasteiger partial charge in [-0.3, -0.25) is 14.4 Å². The summed E-state index contributed by atoms with van der Waals surface area (Å²) in [5, 5.41) is 3.69. The van der Waals surface area contributed by atoms with Crippen molar-refractivity contribution in [1.29, 1.82) is 0 Å². The number of anilines is 2. The molecule has 4 aromatic rings. The number of carbonyl (C=O) groups excluding carboxylic acids is 3. The maximum Gasteiger partial charge on any atom is 0.249 e. The van der Waals surface area contributed by atoms with E-state index in [1.54, 1.807) is 23.4 Å². The number of carbonyl (C=O) groups is 3. The van der Waals surface area contributed by atoms with Crippen LogP contribution in [0.5, 0.6) is 0 Å². The SMILES string of the molecule is CC(C(=O)Nc1cnc2[nH]cc(C=C(C(N)=O)c3ccccc3)c2c1)c1ccc(N2CCCC2=O)cc1. The van der Waals surface area contributed by atoms with Crippen LogP contribution in [-0.4, -0.2) is 34.2 Å². The maximum atomic E-state index is 13.0. The third kappa shape index (κ3) is 4.99. The van der Waals surface area contributed by atoms with Crippen LogP contribution < -0.4 is 16.0 Å². The van der Waals surface area contributed by atoms with Crippen molar-refractivity contribution < 1.29 is 14.4 Å². The largest absolute Gasteiger partial charge is 0.366 e. The Labute approximate surface area is 214 Å². The summed E-state index contributed by atoms with van der Waals surface area (Å²) in [6.07, 6.45) is 6.51. The highest BCUT2D eigenvalue weighted by Gasteiger charge is 2.22. The topological polar surface area (TPSA) is 121 Å². The van der Waals surface area contributed by atoms with Crippen molar-refractivity contribution in [1.82, 2.24) is 9.97 Å². The van der Waals surface area contributed by atoms with Crippen LogP contribution >= 0.6 is 0 Å². The van der Waals surface area contributed by atoms with Crippen LogP contribution in [0.1, 0.15) is 42.4 Å². The Morgan fingerprint density at radius 3 is 2.57 bits per heavy atom. The van der Waals surface area contributed by atoms with Gasteiger partial charge in [0.05, 0.1) is 17.8 Å². The lowest BCUT2D eigenvalue weighted by Gasteiger charge is -2.17. The lowest BCUT2D eigenvalue weighted by Crippen LogP contribution is -2.23. The summed E-state index contributed by atoms with van der Waals surface area (Å²) in [6, 6.07) is 18.6. The first-order valence-electron chi connectivity index (χ1n) is 12.2. The molecule has 1 atom stereocenters. The number of nitrogens with one attached hydrogen (secondary N) is 2. The zero-order valence-electron chi connectivity index (χ0n) is 20.4. The van der Waals surface area contributed by atoms with E-state index in [-0.39, 0.29) is 11.8 Å². The lowest BCUT2D eigenvalue weighted by atomic mass is 9.99. The predicted octanol–water partition coefficient (Wildman–Crippen LogP) is 4.46. The Morgan fingerprint density at radius 1 is 1.14 bits per heavy atom. The standard InChI is InChI=1S/C29H27N5O3/c1-18(19-9-11-23(12-10-19)34-13-5-8-26(34)35)29(37)33-22-15-25-21(16-31-28(25)32-17-22)14-24(27(30)36)20-6-3-2-4-7-20/h2-4,6-7,9-12,14-18H,5,8,13H2,1H3,(H2,30,36)(H,31,32)(H,33,37). The van der Waals surface area contributed by atoms with Gasteiger partial charge in [0.2, 0.25) is 17.7 Å². The molecule has 37 heavy (non-hydrogen) atoms. The van der Waals surface area contributed by atoms with Gasteiger partial charge < -0.3 is 20.9 Å². The van der Waals surface area contributed by atoms with Gasteiger partial charge in [-0.2, -0.15) is 0 Å². The molecule has 2 aromatic heterocycles. The Bertz CT molecular complexity index is 1510. The van der Waals surface area contributed by atoms with E-state index in [0.717, 1.165) is 40.7 Å². The molecule has 8 nitrogen and oxygen atoms in total. The molecule has 0 spiro atoms. The number of nitrogens with zero attached hydrogens (tertiary/aromatic N) is 2. The first kappa shape index (κ1) is 24.0. The summed E-state index contributed by atoms with van der Waals surface area (Å²) >= 11 is 0. The van der Waals surface area contributed by atoms with Crippen molar-refractivity contribution in [2.45, 2.75) is 25.7 Å². The van der Waals surface area contributed by atoms with E-state index in [4.69, 9.17) is 5.73 Å². The van der Waals surface area contributed by atoms with Crippen molar-refractivity contribution >= 4 is 51.8 Å². The average molecular weight is 494 g/mol. The number of H-pyrrole nitrogens is 1. The van der Waals surface area contributed by atoms with Crippen LogP contribution in [0.3, 0.4) is 0 Å². The molecule has 1 aliphatic rings. The molecule has 1 fully saturated rings. The molecule has 1 aliphatic heterocycles. The van der Waals surface area contributed by atoms with Gasteiger partial charge in [0.25, 0.3) is 0 Å². The van der Waals surface area contributed by atoms with E-state index in [2.05, 4.69) is 15.3 Å². The van der Waals surface area contributed by atoms with Crippen LogP contribution in [0.15, 0.2) is 73.1 Å². The van der Waals surface area contributed by atoms with Crippen LogP contribution in [0.4, 0.5) is 11.4 Å². The molecule has 2 aromatic carbocycles. The van der Waals surface area contributed by atoms with Gasteiger partial charge >= 0.3 is 0 Å². The van der Waals surface area contributed by atoms with Crippen molar-refractivity contribution in [3.05, 3.63) is 89.7 Å².